The Morgan fingerprint density at radius 1 is 1.39 bits per heavy atom. The summed E-state index contributed by atoms with van der Waals surface area (Å²) in [6.45, 7) is 1.91. The summed E-state index contributed by atoms with van der Waals surface area (Å²) in [5.41, 5.74) is 7.31. The zero-order valence-electron chi connectivity index (χ0n) is 12.5. The zero-order valence-corrected chi connectivity index (χ0v) is 13.3. The number of nitrogens with two attached hydrogens (primary N) is 1. The van der Waals surface area contributed by atoms with Crippen LogP contribution in [0.2, 0.25) is 0 Å². The summed E-state index contributed by atoms with van der Waals surface area (Å²) in [5.74, 6) is -0.0425. The molecule has 0 bridgehead atoms. The van der Waals surface area contributed by atoms with E-state index in [1.54, 1.807) is 23.9 Å². The monoisotopic (exact) mass is 328 g/mol. The zero-order chi connectivity index (χ0) is 16.6. The van der Waals surface area contributed by atoms with Crippen LogP contribution in [-0.4, -0.2) is 19.5 Å². The lowest BCUT2D eigenvalue weighted by molar-refractivity contribution is 0.633. The number of rotatable bonds is 3. The Bertz CT molecular complexity index is 930. The second kappa shape index (κ2) is 5.85. The second-order valence-corrected chi connectivity index (χ2v) is 6.35. The first kappa shape index (κ1) is 15.2. The highest BCUT2D eigenvalue weighted by molar-refractivity contribution is 7.99. The third-order valence-corrected chi connectivity index (χ3v) is 4.38. The molecule has 3 aromatic heterocycles. The summed E-state index contributed by atoms with van der Waals surface area (Å²) in [4.78, 5) is 12.6. The third kappa shape index (κ3) is 2.96. The second-order valence-electron chi connectivity index (χ2n) is 5.05. The summed E-state index contributed by atoms with van der Waals surface area (Å²) in [6.07, 6.45) is 3.07. The molecule has 3 heterocycles. The van der Waals surface area contributed by atoms with Gasteiger partial charge in [0.25, 0.3) is 0 Å². The standard InChI is InChI=1S/C15H13FN6S/c1-8(23-15-20-9(5-17)3-14(18)21-15)12-4-10-11(16)7-22(2)13(10)6-19-12/h3-4,6-8H,1-2H3,(H2,18,20,21). The number of nitrogen functional groups attached to an aromatic ring is 1. The minimum Gasteiger partial charge on any atom is -0.384 e. The number of hydrogen-bond acceptors (Lipinski definition) is 6. The smallest absolute Gasteiger partial charge is 0.191 e. The predicted molar refractivity (Wildman–Crippen MR) is 86.1 cm³/mol. The van der Waals surface area contributed by atoms with E-state index < -0.39 is 0 Å². The quantitative estimate of drug-likeness (QED) is 0.587. The van der Waals surface area contributed by atoms with Crippen LogP contribution < -0.4 is 5.73 Å². The Morgan fingerprint density at radius 2 is 2.17 bits per heavy atom. The normalized spacial score (nSPS) is 12.3. The van der Waals surface area contributed by atoms with E-state index in [2.05, 4.69) is 15.0 Å². The lowest BCUT2D eigenvalue weighted by Crippen LogP contribution is -2.00. The van der Waals surface area contributed by atoms with E-state index in [0.29, 0.717) is 16.2 Å². The molecule has 8 heteroatoms. The van der Waals surface area contributed by atoms with Gasteiger partial charge >= 0.3 is 0 Å². The largest absolute Gasteiger partial charge is 0.384 e. The van der Waals surface area contributed by atoms with Crippen molar-refractivity contribution in [1.29, 1.82) is 5.26 Å². The fourth-order valence-corrected chi connectivity index (χ4v) is 3.11. The third-order valence-electron chi connectivity index (χ3n) is 3.39. The van der Waals surface area contributed by atoms with E-state index in [1.807, 2.05) is 13.0 Å². The van der Waals surface area contributed by atoms with E-state index in [-0.39, 0.29) is 22.6 Å². The summed E-state index contributed by atoms with van der Waals surface area (Å²) >= 11 is 1.32. The van der Waals surface area contributed by atoms with Gasteiger partial charge in [-0.2, -0.15) is 5.26 Å². The van der Waals surface area contributed by atoms with Crippen LogP contribution >= 0.6 is 11.8 Å². The van der Waals surface area contributed by atoms with Crippen LogP contribution in [0, 0.1) is 17.1 Å². The van der Waals surface area contributed by atoms with Crippen molar-refractivity contribution in [3.8, 4) is 6.07 Å². The number of pyridine rings is 1. The van der Waals surface area contributed by atoms with Crippen molar-refractivity contribution in [2.45, 2.75) is 17.3 Å². The molecule has 0 radical (unpaired) electrons. The minimum absolute atomic E-state index is 0.118. The Labute approximate surface area is 136 Å². The fraction of sp³-hybridized carbons (Fsp3) is 0.200. The van der Waals surface area contributed by atoms with Gasteiger partial charge in [0.15, 0.2) is 5.16 Å². The predicted octanol–water partition coefficient (Wildman–Crippen LogP) is 2.81. The maximum Gasteiger partial charge on any atom is 0.191 e. The number of thioether (sulfide) groups is 1. The molecule has 23 heavy (non-hydrogen) atoms. The van der Waals surface area contributed by atoms with E-state index in [4.69, 9.17) is 11.0 Å². The molecule has 0 aliphatic heterocycles. The number of hydrogen-bond donors (Lipinski definition) is 1. The van der Waals surface area contributed by atoms with Crippen molar-refractivity contribution in [2.75, 3.05) is 5.73 Å². The SMILES string of the molecule is CC(Sc1nc(N)cc(C#N)n1)c1cc2c(F)cn(C)c2cn1. The van der Waals surface area contributed by atoms with Crippen LogP contribution in [0.5, 0.6) is 0 Å². The Kier molecular flexibility index (Phi) is 3.88. The lowest BCUT2D eigenvalue weighted by atomic mass is 10.2. The highest BCUT2D eigenvalue weighted by Gasteiger charge is 2.15. The molecular weight excluding hydrogens is 315 g/mol. The first-order chi connectivity index (χ1) is 11.0. The molecule has 1 atom stereocenters. The summed E-state index contributed by atoms with van der Waals surface area (Å²) < 4.78 is 15.6. The van der Waals surface area contributed by atoms with Crippen LogP contribution in [0.1, 0.15) is 23.6 Å². The Hall–Kier alpha value is -2.66. The van der Waals surface area contributed by atoms with Crippen LogP contribution in [-0.2, 0) is 7.05 Å². The first-order valence-electron chi connectivity index (χ1n) is 6.79. The van der Waals surface area contributed by atoms with Crippen LogP contribution in [0.25, 0.3) is 10.9 Å². The van der Waals surface area contributed by atoms with E-state index in [9.17, 15) is 4.39 Å². The van der Waals surface area contributed by atoms with Gasteiger partial charge in [0, 0.05) is 24.7 Å². The van der Waals surface area contributed by atoms with Crippen LogP contribution in [0.4, 0.5) is 10.2 Å². The average Bonchev–Trinajstić information content (AvgIpc) is 2.81. The van der Waals surface area contributed by atoms with Gasteiger partial charge in [-0.1, -0.05) is 11.8 Å². The molecule has 0 aliphatic rings. The maximum atomic E-state index is 13.9. The molecule has 0 aromatic carbocycles. The van der Waals surface area contributed by atoms with Crippen molar-refractivity contribution in [1.82, 2.24) is 19.5 Å². The van der Waals surface area contributed by atoms with Crippen molar-refractivity contribution >= 4 is 28.5 Å². The fourth-order valence-electron chi connectivity index (χ4n) is 2.24. The maximum absolute atomic E-state index is 13.9. The number of aromatic nitrogens is 4. The molecule has 0 saturated heterocycles. The van der Waals surface area contributed by atoms with Gasteiger partial charge in [0.05, 0.1) is 22.7 Å². The Morgan fingerprint density at radius 3 is 2.91 bits per heavy atom. The topological polar surface area (TPSA) is 93.4 Å². The average molecular weight is 328 g/mol. The van der Waals surface area contributed by atoms with Gasteiger partial charge in [-0.15, -0.1) is 0 Å². The van der Waals surface area contributed by atoms with Crippen molar-refractivity contribution < 1.29 is 4.39 Å². The molecule has 3 aromatic rings. The molecular formula is C15H13FN6S. The van der Waals surface area contributed by atoms with Gasteiger partial charge in [-0.3, -0.25) is 4.98 Å². The number of nitrogens with zero attached hydrogens (tertiary/aromatic N) is 5. The first-order valence-corrected chi connectivity index (χ1v) is 7.67. The number of aryl methyl sites for hydroxylation is 1. The van der Waals surface area contributed by atoms with Crippen molar-refractivity contribution in [3.05, 3.63) is 41.7 Å². The Balaban J connectivity index is 1.91. The molecule has 6 nitrogen and oxygen atoms in total. The molecule has 0 fully saturated rings. The van der Waals surface area contributed by atoms with Gasteiger partial charge in [0.2, 0.25) is 0 Å². The van der Waals surface area contributed by atoms with Gasteiger partial charge in [-0.05, 0) is 13.0 Å². The summed E-state index contributed by atoms with van der Waals surface area (Å²) in [7, 11) is 1.77. The minimum atomic E-state index is -0.282. The molecule has 1 unspecified atom stereocenters. The molecule has 0 saturated carbocycles. The summed E-state index contributed by atoms with van der Waals surface area (Å²) in [6, 6.07) is 5.08. The van der Waals surface area contributed by atoms with Crippen LogP contribution in [0.15, 0.2) is 29.7 Å². The number of fused-ring (bicyclic) bond motifs is 1. The number of halogens is 1. The van der Waals surface area contributed by atoms with E-state index in [0.717, 1.165) is 5.52 Å². The van der Waals surface area contributed by atoms with E-state index >= 15 is 0 Å². The molecule has 3 rings (SSSR count). The molecule has 0 aliphatic carbocycles. The van der Waals surface area contributed by atoms with Crippen LogP contribution in [0.3, 0.4) is 0 Å². The number of nitriles is 1. The van der Waals surface area contributed by atoms with Gasteiger partial charge < -0.3 is 10.3 Å². The highest BCUT2D eigenvalue weighted by Crippen LogP contribution is 2.33. The molecule has 2 N–H and O–H groups in total. The molecule has 116 valence electrons. The lowest BCUT2D eigenvalue weighted by Gasteiger charge is -2.10. The summed E-state index contributed by atoms with van der Waals surface area (Å²) in [5, 5.41) is 9.73. The highest BCUT2D eigenvalue weighted by atomic mass is 32.2. The van der Waals surface area contributed by atoms with Gasteiger partial charge in [-0.25, -0.2) is 14.4 Å². The van der Waals surface area contributed by atoms with E-state index in [1.165, 1.54) is 24.0 Å². The number of anilines is 1. The van der Waals surface area contributed by atoms with Crippen molar-refractivity contribution in [3.63, 3.8) is 0 Å². The molecule has 0 spiro atoms. The molecule has 0 amide bonds. The van der Waals surface area contributed by atoms with Gasteiger partial charge in [0.1, 0.15) is 23.4 Å². The van der Waals surface area contributed by atoms with Crippen molar-refractivity contribution in [2.24, 2.45) is 7.05 Å².